The van der Waals surface area contributed by atoms with Gasteiger partial charge in [0.05, 0.1) is 12.5 Å². The van der Waals surface area contributed by atoms with Crippen LogP contribution in [-0.2, 0) is 9.53 Å². The molecule has 1 aliphatic heterocycles. The average molecular weight is 110 g/mol. The van der Waals surface area contributed by atoms with Crippen molar-refractivity contribution in [1.82, 2.24) is 0 Å². The monoisotopic (exact) mass is 110 g/mol. The minimum atomic E-state index is -0.0440. The van der Waals surface area contributed by atoms with Crippen LogP contribution < -0.4 is 0 Å². The van der Waals surface area contributed by atoms with E-state index in [0.29, 0.717) is 12.5 Å². The van der Waals surface area contributed by atoms with Crippen LogP contribution in [0.1, 0.15) is 0 Å². The van der Waals surface area contributed by atoms with Crippen molar-refractivity contribution in [2.24, 2.45) is 11.8 Å². The molecule has 0 bridgehead atoms. The summed E-state index contributed by atoms with van der Waals surface area (Å²) in [6, 6.07) is 0. The minimum Gasteiger partial charge on any atom is -0.465 e. The van der Waals surface area contributed by atoms with Crippen LogP contribution in [0.2, 0.25) is 0 Å². The van der Waals surface area contributed by atoms with Gasteiger partial charge in [0.15, 0.2) is 0 Å². The van der Waals surface area contributed by atoms with Crippen LogP contribution in [0.3, 0.4) is 0 Å². The van der Waals surface area contributed by atoms with E-state index in [1.165, 1.54) is 0 Å². The lowest BCUT2D eigenvalue weighted by Gasteiger charge is -2.13. The Hall–Kier alpha value is -0.790. The van der Waals surface area contributed by atoms with Crippen molar-refractivity contribution in [3.8, 4) is 0 Å². The van der Waals surface area contributed by atoms with Crippen LogP contribution in [0.15, 0.2) is 12.2 Å². The second-order valence-corrected chi connectivity index (χ2v) is 2.20. The van der Waals surface area contributed by atoms with Crippen LogP contribution in [0.25, 0.3) is 0 Å². The van der Waals surface area contributed by atoms with Gasteiger partial charge in [0.25, 0.3) is 0 Å². The molecule has 2 unspecified atom stereocenters. The largest absolute Gasteiger partial charge is 0.465 e. The van der Waals surface area contributed by atoms with E-state index in [1.807, 2.05) is 12.2 Å². The summed E-state index contributed by atoms with van der Waals surface area (Å²) in [5.74, 6) is 0.495. The molecule has 0 saturated carbocycles. The molecule has 0 spiro atoms. The number of ether oxygens (including phenoxy) is 1. The Bertz CT molecular complexity index is 160. The standard InChI is InChI=1S/C6H6O2/c7-6-5-2-1-4(5)3-8-6/h1-2,4-5H,3H2. The molecule has 0 amide bonds. The third kappa shape index (κ3) is 0.312. The van der Waals surface area contributed by atoms with Gasteiger partial charge in [0.2, 0.25) is 0 Å². The molecule has 0 radical (unpaired) electrons. The Morgan fingerprint density at radius 3 is 2.75 bits per heavy atom. The van der Waals surface area contributed by atoms with E-state index in [0.717, 1.165) is 0 Å². The summed E-state index contributed by atoms with van der Waals surface area (Å²) in [6.07, 6.45) is 3.93. The summed E-state index contributed by atoms with van der Waals surface area (Å²) in [5.41, 5.74) is 0. The number of carbonyl (C=O) groups is 1. The Kier molecular flexibility index (Phi) is 0.583. The molecule has 42 valence electrons. The van der Waals surface area contributed by atoms with Gasteiger partial charge in [-0.1, -0.05) is 12.2 Å². The normalized spacial score (nSPS) is 40.8. The summed E-state index contributed by atoms with van der Waals surface area (Å²) < 4.78 is 4.74. The van der Waals surface area contributed by atoms with Crippen molar-refractivity contribution in [3.63, 3.8) is 0 Å². The number of carbonyl (C=O) groups excluding carboxylic acids is 1. The number of esters is 1. The van der Waals surface area contributed by atoms with E-state index in [-0.39, 0.29) is 11.9 Å². The second-order valence-electron chi connectivity index (χ2n) is 2.20. The molecule has 0 N–H and O–H groups in total. The summed E-state index contributed by atoms with van der Waals surface area (Å²) in [6.45, 7) is 0.611. The van der Waals surface area contributed by atoms with Crippen LogP contribution in [0, 0.1) is 11.8 Å². The Morgan fingerprint density at radius 2 is 2.50 bits per heavy atom. The fourth-order valence-electron chi connectivity index (χ4n) is 1.07. The summed E-state index contributed by atoms with van der Waals surface area (Å²) in [7, 11) is 0. The molecular formula is C6H6O2. The quantitative estimate of drug-likeness (QED) is 0.332. The third-order valence-electron chi connectivity index (χ3n) is 1.72. The lowest BCUT2D eigenvalue weighted by Crippen LogP contribution is -2.18. The smallest absolute Gasteiger partial charge is 0.313 e. The summed E-state index contributed by atoms with van der Waals surface area (Å²) in [5, 5.41) is 0. The minimum absolute atomic E-state index is 0.0440. The van der Waals surface area contributed by atoms with Crippen LogP contribution in [-0.4, -0.2) is 12.6 Å². The molecule has 1 fully saturated rings. The highest BCUT2D eigenvalue weighted by Crippen LogP contribution is 2.32. The van der Waals surface area contributed by atoms with Crippen molar-refractivity contribution < 1.29 is 9.53 Å². The number of fused-ring (bicyclic) bond motifs is 1. The SMILES string of the molecule is O=C1OCC2C=CC12. The van der Waals surface area contributed by atoms with E-state index in [4.69, 9.17) is 4.74 Å². The first-order valence-electron chi connectivity index (χ1n) is 2.73. The average Bonchev–Trinajstić information content (AvgIpc) is 1.80. The van der Waals surface area contributed by atoms with Gasteiger partial charge in [-0.15, -0.1) is 0 Å². The molecule has 8 heavy (non-hydrogen) atoms. The third-order valence-corrected chi connectivity index (χ3v) is 1.72. The molecule has 1 saturated heterocycles. The van der Waals surface area contributed by atoms with Crippen molar-refractivity contribution in [2.45, 2.75) is 0 Å². The molecule has 2 nitrogen and oxygen atoms in total. The van der Waals surface area contributed by atoms with E-state index in [9.17, 15) is 4.79 Å². The van der Waals surface area contributed by atoms with Gasteiger partial charge in [-0.3, -0.25) is 4.79 Å². The number of cyclic esters (lactones) is 1. The zero-order chi connectivity index (χ0) is 5.56. The van der Waals surface area contributed by atoms with E-state index < -0.39 is 0 Å². The molecule has 1 heterocycles. The first-order chi connectivity index (χ1) is 3.88. The molecule has 2 rings (SSSR count). The predicted molar refractivity (Wildman–Crippen MR) is 27.1 cm³/mol. The predicted octanol–water partition coefficient (Wildman–Crippen LogP) is 0.345. The van der Waals surface area contributed by atoms with Gasteiger partial charge < -0.3 is 4.74 Å². The highest BCUT2D eigenvalue weighted by Gasteiger charge is 2.38. The molecule has 0 aromatic heterocycles. The molecule has 2 aliphatic rings. The zero-order valence-electron chi connectivity index (χ0n) is 4.33. The van der Waals surface area contributed by atoms with E-state index in [2.05, 4.69) is 0 Å². The number of hydrogen-bond acceptors (Lipinski definition) is 2. The summed E-state index contributed by atoms with van der Waals surface area (Å²) >= 11 is 0. The Labute approximate surface area is 47.1 Å². The van der Waals surface area contributed by atoms with Crippen LogP contribution in [0.5, 0.6) is 0 Å². The molecule has 2 heteroatoms. The van der Waals surface area contributed by atoms with Crippen LogP contribution in [0.4, 0.5) is 0 Å². The van der Waals surface area contributed by atoms with Crippen LogP contribution >= 0.6 is 0 Å². The number of rotatable bonds is 0. The highest BCUT2D eigenvalue weighted by atomic mass is 16.5. The number of hydrogen-bond donors (Lipinski definition) is 0. The van der Waals surface area contributed by atoms with Gasteiger partial charge in [-0.05, 0) is 0 Å². The van der Waals surface area contributed by atoms with Gasteiger partial charge >= 0.3 is 5.97 Å². The van der Waals surface area contributed by atoms with Crippen molar-refractivity contribution in [3.05, 3.63) is 12.2 Å². The maximum absolute atomic E-state index is 10.6. The van der Waals surface area contributed by atoms with Crippen molar-refractivity contribution in [1.29, 1.82) is 0 Å². The van der Waals surface area contributed by atoms with Gasteiger partial charge in [0, 0.05) is 5.92 Å². The lowest BCUT2D eigenvalue weighted by atomic mass is 9.85. The fraction of sp³-hybridized carbons (Fsp3) is 0.500. The van der Waals surface area contributed by atoms with Gasteiger partial charge in [-0.25, -0.2) is 0 Å². The Balaban J connectivity index is 2.27. The lowest BCUT2D eigenvalue weighted by molar-refractivity contribution is -0.140. The maximum atomic E-state index is 10.6. The zero-order valence-corrected chi connectivity index (χ0v) is 4.33. The van der Waals surface area contributed by atoms with Gasteiger partial charge in [0.1, 0.15) is 0 Å². The molecule has 2 atom stereocenters. The molecular weight excluding hydrogens is 104 g/mol. The fourth-order valence-corrected chi connectivity index (χ4v) is 1.07. The maximum Gasteiger partial charge on any atom is 0.313 e. The summed E-state index contributed by atoms with van der Waals surface area (Å²) in [4.78, 5) is 10.6. The first-order valence-corrected chi connectivity index (χ1v) is 2.73. The van der Waals surface area contributed by atoms with Gasteiger partial charge in [-0.2, -0.15) is 0 Å². The van der Waals surface area contributed by atoms with E-state index in [1.54, 1.807) is 0 Å². The molecule has 1 aliphatic carbocycles. The van der Waals surface area contributed by atoms with Crippen molar-refractivity contribution in [2.75, 3.05) is 6.61 Å². The second kappa shape index (κ2) is 1.13. The first kappa shape index (κ1) is 4.13. The van der Waals surface area contributed by atoms with Crippen molar-refractivity contribution >= 4 is 5.97 Å². The van der Waals surface area contributed by atoms with E-state index >= 15 is 0 Å². The topological polar surface area (TPSA) is 26.3 Å². The molecule has 0 aromatic carbocycles. The molecule has 0 aromatic rings. The highest BCUT2D eigenvalue weighted by molar-refractivity contribution is 5.79. The Morgan fingerprint density at radius 1 is 1.62 bits per heavy atom.